The van der Waals surface area contributed by atoms with E-state index >= 15 is 0 Å². The molecule has 1 aromatic carbocycles. The number of nitrogens with one attached hydrogen (secondary N) is 1. The van der Waals surface area contributed by atoms with Gasteiger partial charge in [-0.2, -0.15) is 0 Å². The summed E-state index contributed by atoms with van der Waals surface area (Å²) in [5, 5.41) is 14.2. The number of hydrogen-bond acceptors (Lipinski definition) is 5. The van der Waals surface area contributed by atoms with Crippen molar-refractivity contribution in [2.24, 2.45) is 0 Å². The molecule has 0 spiro atoms. The average Bonchev–Trinajstić information content (AvgIpc) is 3.18. The Labute approximate surface area is 156 Å². The maximum absolute atomic E-state index is 12.3. The summed E-state index contributed by atoms with van der Waals surface area (Å²) in [4.78, 5) is 27.2. The molecule has 0 aliphatic carbocycles. The van der Waals surface area contributed by atoms with Crippen LogP contribution in [0.3, 0.4) is 0 Å². The van der Waals surface area contributed by atoms with E-state index in [1.54, 1.807) is 19.1 Å². The van der Waals surface area contributed by atoms with E-state index in [9.17, 15) is 14.7 Å². The van der Waals surface area contributed by atoms with Crippen LogP contribution < -0.4 is 10.1 Å². The van der Waals surface area contributed by atoms with Crippen LogP contribution in [0, 0.1) is 0 Å². The van der Waals surface area contributed by atoms with Crippen LogP contribution in [0.1, 0.15) is 29.4 Å². The molecule has 2 amide bonds. The Morgan fingerprint density at radius 3 is 2.54 bits per heavy atom. The number of amides is 2. The second-order valence-electron chi connectivity index (χ2n) is 6.31. The highest BCUT2D eigenvalue weighted by atomic mass is 32.1. The predicted octanol–water partition coefficient (Wildman–Crippen LogP) is 2.64. The molecule has 0 radical (unpaired) electrons. The summed E-state index contributed by atoms with van der Waals surface area (Å²) in [5.74, 6) is 0.565. The number of nitrogens with zero attached hydrogens (tertiary/aromatic N) is 1. The van der Waals surface area contributed by atoms with Gasteiger partial charge in [0.2, 0.25) is 0 Å². The van der Waals surface area contributed by atoms with Crippen molar-refractivity contribution in [3.8, 4) is 11.5 Å². The Kier molecular flexibility index (Phi) is 5.78. The van der Waals surface area contributed by atoms with E-state index < -0.39 is 6.10 Å². The number of carbonyl (C=O) groups excluding carboxylic acids is 2. The number of aromatic hydroxyl groups is 1. The van der Waals surface area contributed by atoms with E-state index in [-0.39, 0.29) is 23.6 Å². The molecule has 0 bridgehead atoms. The quantitative estimate of drug-likeness (QED) is 0.843. The largest absolute Gasteiger partial charge is 0.508 e. The first-order chi connectivity index (χ1) is 12.5. The van der Waals surface area contributed by atoms with Gasteiger partial charge in [-0.25, -0.2) is 0 Å². The summed E-state index contributed by atoms with van der Waals surface area (Å²) in [6.07, 6.45) is 0.828. The Bertz CT molecular complexity index is 737. The Morgan fingerprint density at radius 2 is 1.92 bits per heavy atom. The lowest BCUT2D eigenvalue weighted by atomic mass is 10.0. The molecule has 1 saturated heterocycles. The highest BCUT2D eigenvalue weighted by Crippen LogP contribution is 2.19. The Balaban J connectivity index is 1.45. The van der Waals surface area contributed by atoms with Crippen LogP contribution in [0.25, 0.3) is 0 Å². The van der Waals surface area contributed by atoms with Crippen molar-refractivity contribution in [3.63, 3.8) is 0 Å². The molecule has 1 fully saturated rings. The maximum Gasteiger partial charge on any atom is 0.263 e. The third-order valence-corrected chi connectivity index (χ3v) is 5.24. The van der Waals surface area contributed by atoms with Gasteiger partial charge in [0.15, 0.2) is 6.10 Å². The summed E-state index contributed by atoms with van der Waals surface area (Å²) >= 11 is 1.45. The standard InChI is InChI=1S/C19H22N2O4S/c1-13(25-16-6-4-15(22)5-7-16)18(23)20-14-8-10-21(11-9-14)19(24)17-3-2-12-26-17/h2-7,12-14,22H,8-11H2,1H3,(H,20,23). The Morgan fingerprint density at radius 1 is 1.23 bits per heavy atom. The molecule has 0 saturated carbocycles. The van der Waals surface area contributed by atoms with E-state index in [1.165, 1.54) is 23.5 Å². The van der Waals surface area contributed by atoms with Crippen molar-refractivity contribution in [1.29, 1.82) is 0 Å². The molecule has 138 valence electrons. The van der Waals surface area contributed by atoms with Crippen LogP contribution in [-0.4, -0.2) is 47.1 Å². The lowest BCUT2D eigenvalue weighted by Gasteiger charge is -2.32. The third-order valence-electron chi connectivity index (χ3n) is 4.38. The summed E-state index contributed by atoms with van der Waals surface area (Å²) in [6, 6.07) is 10.0. The molecule has 7 heteroatoms. The van der Waals surface area contributed by atoms with Gasteiger partial charge in [-0.05, 0) is 55.5 Å². The van der Waals surface area contributed by atoms with E-state index in [0.29, 0.717) is 18.8 Å². The molecule has 1 atom stereocenters. The summed E-state index contributed by atoms with van der Waals surface area (Å²) < 4.78 is 5.59. The average molecular weight is 374 g/mol. The minimum absolute atomic E-state index is 0.0424. The molecule has 2 heterocycles. The van der Waals surface area contributed by atoms with Crippen molar-refractivity contribution in [2.75, 3.05) is 13.1 Å². The number of piperidine rings is 1. The van der Waals surface area contributed by atoms with Crippen molar-refractivity contribution in [1.82, 2.24) is 10.2 Å². The number of phenolic OH excluding ortho intramolecular Hbond substituents is 1. The molecule has 3 rings (SSSR count). The number of ether oxygens (including phenoxy) is 1. The molecule has 1 aromatic heterocycles. The summed E-state index contributed by atoms with van der Waals surface area (Å²) in [5.41, 5.74) is 0. The zero-order valence-corrected chi connectivity index (χ0v) is 15.4. The molecule has 1 aliphatic heterocycles. The number of benzene rings is 1. The topological polar surface area (TPSA) is 78.9 Å². The van der Waals surface area contributed by atoms with Crippen LogP contribution in [0.4, 0.5) is 0 Å². The minimum atomic E-state index is -0.634. The van der Waals surface area contributed by atoms with Crippen LogP contribution in [-0.2, 0) is 4.79 Å². The zero-order chi connectivity index (χ0) is 18.5. The highest BCUT2D eigenvalue weighted by Gasteiger charge is 2.26. The van der Waals surface area contributed by atoms with E-state index in [2.05, 4.69) is 5.32 Å². The van der Waals surface area contributed by atoms with E-state index in [4.69, 9.17) is 4.74 Å². The van der Waals surface area contributed by atoms with Gasteiger partial charge >= 0.3 is 0 Å². The molecular weight excluding hydrogens is 352 g/mol. The highest BCUT2D eigenvalue weighted by molar-refractivity contribution is 7.12. The molecule has 2 aromatic rings. The fourth-order valence-electron chi connectivity index (χ4n) is 2.88. The van der Waals surface area contributed by atoms with Gasteiger partial charge in [-0.15, -0.1) is 11.3 Å². The normalized spacial score (nSPS) is 16.1. The Hall–Kier alpha value is -2.54. The monoisotopic (exact) mass is 374 g/mol. The fourth-order valence-corrected chi connectivity index (χ4v) is 3.57. The number of phenols is 1. The lowest BCUT2D eigenvalue weighted by Crippen LogP contribution is -2.49. The van der Waals surface area contributed by atoms with E-state index in [0.717, 1.165) is 17.7 Å². The maximum atomic E-state index is 12.3. The van der Waals surface area contributed by atoms with Gasteiger partial charge in [0.25, 0.3) is 11.8 Å². The van der Waals surface area contributed by atoms with Crippen molar-refractivity contribution < 1.29 is 19.4 Å². The van der Waals surface area contributed by atoms with Gasteiger partial charge in [0, 0.05) is 19.1 Å². The van der Waals surface area contributed by atoms with Gasteiger partial charge in [0.05, 0.1) is 4.88 Å². The number of hydrogen-bond donors (Lipinski definition) is 2. The van der Waals surface area contributed by atoms with Crippen molar-refractivity contribution in [2.45, 2.75) is 31.9 Å². The zero-order valence-electron chi connectivity index (χ0n) is 14.6. The van der Waals surface area contributed by atoms with Gasteiger partial charge in [0.1, 0.15) is 11.5 Å². The second kappa shape index (κ2) is 8.23. The molecule has 2 N–H and O–H groups in total. The van der Waals surface area contributed by atoms with Gasteiger partial charge in [-0.3, -0.25) is 9.59 Å². The van der Waals surface area contributed by atoms with Gasteiger partial charge in [-0.1, -0.05) is 6.07 Å². The summed E-state index contributed by atoms with van der Waals surface area (Å²) in [7, 11) is 0. The smallest absolute Gasteiger partial charge is 0.263 e. The number of thiophene rings is 1. The number of carbonyl (C=O) groups is 2. The first kappa shape index (κ1) is 18.3. The van der Waals surface area contributed by atoms with Crippen molar-refractivity contribution in [3.05, 3.63) is 46.7 Å². The molecule has 1 unspecified atom stereocenters. The van der Waals surface area contributed by atoms with E-state index in [1.807, 2.05) is 22.4 Å². The molecular formula is C19H22N2O4S. The van der Waals surface area contributed by atoms with Crippen molar-refractivity contribution >= 4 is 23.2 Å². The molecule has 1 aliphatic rings. The predicted molar refractivity (Wildman–Crippen MR) is 99.6 cm³/mol. The first-order valence-electron chi connectivity index (χ1n) is 8.62. The first-order valence-corrected chi connectivity index (χ1v) is 9.50. The molecule has 26 heavy (non-hydrogen) atoms. The van der Waals surface area contributed by atoms with Crippen LogP contribution in [0.15, 0.2) is 41.8 Å². The minimum Gasteiger partial charge on any atom is -0.508 e. The van der Waals surface area contributed by atoms with Crippen LogP contribution >= 0.6 is 11.3 Å². The van der Waals surface area contributed by atoms with Gasteiger partial charge < -0.3 is 20.1 Å². The third kappa shape index (κ3) is 4.54. The second-order valence-corrected chi connectivity index (χ2v) is 7.25. The van der Waals surface area contributed by atoms with Crippen LogP contribution in [0.5, 0.6) is 11.5 Å². The fraction of sp³-hybridized carbons (Fsp3) is 0.368. The SMILES string of the molecule is CC(Oc1ccc(O)cc1)C(=O)NC1CCN(C(=O)c2cccs2)CC1. The number of rotatable bonds is 5. The number of likely N-dealkylation sites (tertiary alicyclic amines) is 1. The lowest BCUT2D eigenvalue weighted by molar-refractivity contribution is -0.128. The molecule has 6 nitrogen and oxygen atoms in total. The summed E-state index contributed by atoms with van der Waals surface area (Å²) in [6.45, 7) is 2.96. The van der Waals surface area contributed by atoms with Crippen LogP contribution in [0.2, 0.25) is 0 Å².